The van der Waals surface area contributed by atoms with E-state index >= 15 is 0 Å². The Balaban J connectivity index is 1.62. The number of amides is 2. The van der Waals surface area contributed by atoms with Crippen molar-refractivity contribution in [2.75, 3.05) is 11.1 Å². The summed E-state index contributed by atoms with van der Waals surface area (Å²) in [4.78, 5) is 29.5. The maximum absolute atomic E-state index is 12.7. The molecule has 11 heteroatoms. The third-order valence-corrected chi connectivity index (χ3v) is 6.96. The van der Waals surface area contributed by atoms with Crippen LogP contribution in [0.15, 0.2) is 46.0 Å². The average molecular weight is 571 g/mol. The SMILES string of the molecule is Cc1cc(NC(=O)CSc2n[nH]c([C@@H](NC(=O)c3ccc(Cl)cc3Cl)C(C)C)n2)ccc1Br. The van der Waals surface area contributed by atoms with Crippen LogP contribution < -0.4 is 10.6 Å². The van der Waals surface area contributed by atoms with Crippen LogP contribution in [0, 0.1) is 12.8 Å². The third kappa shape index (κ3) is 6.96. The molecule has 7 nitrogen and oxygen atoms in total. The van der Waals surface area contributed by atoms with Gasteiger partial charge in [-0.25, -0.2) is 4.98 Å². The number of rotatable bonds is 8. The summed E-state index contributed by atoms with van der Waals surface area (Å²) in [5, 5.41) is 14.0. The zero-order valence-electron chi connectivity index (χ0n) is 18.1. The molecular formula is C22H22BrCl2N5O2S. The first kappa shape index (κ1) is 25.6. The zero-order valence-corrected chi connectivity index (χ0v) is 22.0. The fourth-order valence-corrected chi connectivity index (χ4v) is 4.30. The number of hydrogen-bond donors (Lipinski definition) is 3. The Kier molecular flexibility index (Phi) is 8.81. The summed E-state index contributed by atoms with van der Waals surface area (Å²) in [6.45, 7) is 5.86. The topological polar surface area (TPSA) is 99.8 Å². The van der Waals surface area contributed by atoms with Gasteiger partial charge in [-0.2, -0.15) is 0 Å². The highest BCUT2D eigenvalue weighted by molar-refractivity contribution is 9.10. The van der Waals surface area contributed by atoms with Crippen LogP contribution in [0.25, 0.3) is 0 Å². The smallest absolute Gasteiger partial charge is 0.253 e. The number of benzene rings is 2. The van der Waals surface area contributed by atoms with Gasteiger partial charge in [0, 0.05) is 15.2 Å². The van der Waals surface area contributed by atoms with Crippen LogP contribution in [0.5, 0.6) is 0 Å². The second kappa shape index (κ2) is 11.4. The average Bonchev–Trinajstić information content (AvgIpc) is 3.21. The standard InChI is InChI=1S/C22H22BrCl2N5O2S/c1-11(2)19(27-21(32)15-6-4-13(24)9-17(15)25)20-28-22(30-29-20)33-10-18(31)26-14-5-7-16(23)12(3)8-14/h4-9,11,19H,10H2,1-3H3,(H,26,31)(H,27,32)(H,28,29,30)/t19-/m0/s1. The van der Waals surface area contributed by atoms with Gasteiger partial charge < -0.3 is 10.6 Å². The normalized spacial score (nSPS) is 12.0. The lowest BCUT2D eigenvalue weighted by Gasteiger charge is -2.20. The van der Waals surface area contributed by atoms with E-state index in [1.165, 1.54) is 17.8 Å². The first-order valence-electron chi connectivity index (χ1n) is 10.0. The second-order valence-corrected chi connectivity index (χ2v) is 10.3. The molecule has 1 atom stereocenters. The van der Waals surface area contributed by atoms with Crippen LogP contribution in [0.2, 0.25) is 10.0 Å². The van der Waals surface area contributed by atoms with Crippen molar-refractivity contribution in [1.82, 2.24) is 20.5 Å². The number of aromatic nitrogens is 3. The molecule has 3 N–H and O–H groups in total. The second-order valence-electron chi connectivity index (χ2n) is 7.62. The molecule has 2 aromatic carbocycles. The molecule has 1 aromatic heterocycles. The molecule has 0 unspecified atom stereocenters. The van der Waals surface area contributed by atoms with Gasteiger partial charge in [0.05, 0.1) is 22.4 Å². The number of aromatic amines is 1. The highest BCUT2D eigenvalue weighted by Gasteiger charge is 2.24. The molecule has 0 saturated carbocycles. The van der Waals surface area contributed by atoms with Crippen LogP contribution in [0.3, 0.4) is 0 Å². The van der Waals surface area contributed by atoms with E-state index in [1.807, 2.05) is 39.0 Å². The van der Waals surface area contributed by atoms with Gasteiger partial charge in [0.1, 0.15) is 5.82 Å². The van der Waals surface area contributed by atoms with Gasteiger partial charge in [0.15, 0.2) is 0 Å². The summed E-state index contributed by atoms with van der Waals surface area (Å²) in [7, 11) is 0. The number of thioether (sulfide) groups is 1. The lowest BCUT2D eigenvalue weighted by atomic mass is 10.0. The van der Waals surface area contributed by atoms with Crippen LogP contribution in [0.1, 0.15) is 41.6 Å². The Morgan fingerprint density at radius 3 is 2.61 bits per heavy atom. The van der Waals surface area contributed by atoms with Crippen molar-refractivity contribution in [2.24, 2.45) is 5.92 Å². The number of halogens is 3. The van der Waals surface area contributed by atoms with Crippen LogP contribution >= 0.6 is 50.9 Å². The Morgan fingerprint density at radius 2 is 1.94 bits per heavy atom. The summed E-state index contributed by atoms with van der Waals surface area (Å²) >= 11 is 16.7. The fraction of sp³-hybridized carbons (Fsp3) is 0.273. The van der Waals surface area contributed by atoms with Gasteiger partial charge in [-0.15, -0.1) is 5.10 Å². The minimum Gasteiger partial charge on any atom is -0.342 e. The number of hydrogen-bond acceptors (Lipinski definition) is 5. The molecule has 174 valence electrons. The van der Waals surface area contributed by atoms with Crippen molar-refractivity contribution < 1.29 is 9.59 Å². The molecule has 3 rings (SSSR count). The maximum Gasteiger partial charge on any atom is 0.253 e. The number of nitrogens with one attached hydrogen (secondary N) is 3. The van der Waals surface area contributed by atoms with E-state index in [0.29, 0.717) is 21.6 Å². The minimum absolute atomic E-state index is 0.0229. The van der Waals surface area contributed by atoms with Crippen LogP contribution in [0.4, 0.5) is 5.69 Å². The van der Waals surface area contributed by atoms with Gasteiger partial charge in [-0.3, -0.25) is 14.7 Å². The molecule has 0 aliphatic heterocycles. The first-order chi connectivity index (χ1) is 15.6. The van der Waals surface area contributed by atoms with Gasteiger partial charge in [-0.05, 0) is 54.8 Å². The molecule has 0 spiro atoms. The fourth-order valence-electron chi connectivity index (χ4n) is 2.95. The van der Waals surface area contributed by atoms with E-state index < -0.39 is 6.04 Å². The van der Waals surface area contributed by atoms with Crippen molar-refractivity contribution in [2.45, 2.75) is 32.0 Å². The number of carbonyl (C=O) groups is 2. The number of aryl methyl sites for hydroxylation is 1. The summed E-state index contributed by atoms with van der Waals surface area (Å²) < 4.78 is 0.980. The summed E-state index contributed by atoms with van der Waals surface area (Å²) in [6, 6.07) is 9.88. The Bertz CT molecular complexity index is 1170. The van der Waals surface area contributed by atoms with E-state index in [2.05, 4.69) is 41.7 Å². The maximum atomic E-state index is 12.7. The minimum atomic E-state index is -0.425. The van der Waals surface area contributed by atoms with E-state index in [4.69, 9.17) is 23.2 Å². The zero-order chi connectivity index (χ0) is 24.1. The molecule has 2 amide bonds. The van der Waals surface area contributed by atoms with E-state index in [1.54, 1.807) is 12.1 Å². The Morgan fingerprint density at radius 1 is 1.18 bits per heavy atom. The molecule has 0 aliphatic carbocycles. The molecule has 0 bridgehead atoms. The predicted octanol–water partition coefficient (Wildman–Crippen LogP) is 6.04. The van der Waals surface area contributed by atoms with Crippen molar-refractivity contribution in [3.63, 3.8) is 0 Å². The molecule has 0 fully saturated rings. The van der Waals surface area contributed by atoms with Gasteiger partial charge >= 0.3 is 0 Å². The van der Waals surface area contributed by atoms with Crippen LogP contribution in [-0.2, 0) is 4.79 Å². The molecule has 3 aromatic rings. The highest BCUT2D eigenvalue weighted by Crippen LogP contribution is 2.25. The van der Waals surface area contributed by atoms with Gasteiger partial charge in [0.2, 0.25) is 11.1 Å². The quantitative estimate of drug-likeness (QED) is 0.287. The van der Waals surface area contributed by atoms with Crippen molar-refractivity contribution in [3.05, 3.63) is 67.9 Å². The summed E-state index contributed by atoms with van der Waals surface area (Å²) in [6.07, 6.45) is 0. The molecule has 0 radical (unpaired) electrons. The van der Waals surface area contributed by atoms with Crippen molar-refractivity contribution in [3.8, 4) is 0 Å². The molecule has 1 heterocycles. The van der Waals surface area contributed by atoms with Gasteiger partial charge in [-0.1, -0.05) is 64.7 Å². The summed E-state index contributed by atoms with van der Waals surface area (Å²) in [5.74, 6) is 0.153. The number of H-pyrrole nitrogens is 1. The van der Waals surface area contributed by atoms with Crippen molar-refractivity contribution in [1.29, 1.82) is 0 Å². The predicted molar refractivity (Wildman–Crippen MR) is 136 cm³/mol. The lowest BCUT2D eigenvalue weighted by molar-refractivity contribution is -0.113. The monoisotopic (exact) mass is 569 g/mol. The van der Waals surface area contributed by atoms with Crippen molar-refractivity contribution >= 4 is 68.4 Å². The molecular weight excluding hydrogens is 549 g/mol. The van der Waals surface area contributed by atoms with E-state index in [-0.39, 0.29) is 28.5 Å². The molecule has 33 heavy (non-hydrogen) atoms. The highest BCUT2D eigenvalue weighted by atomic mass is 79.9. The third-order valence-electron chi connectivity index (χ3n) is 4.68. The number of nitrogens with zero attached hydrogens (tertiary/aromatic N) is 2. The van der Waals surface area contributed by atoms with E-state index in [0.717, 1.165) is 15.7 Å². The summed E-state index contributed by atoms with van der Waals surface area (Å²) in [5.41, 5.74) is 2.07. The Hall–Kier alpha value is -2.07. The number of carbonyl (C=O) groups excluding carboxylic acids is 2. The number of anilines is 1. The van der Waals surface area contributed by atoms with Crippen LogP contribution in [-0.4, -0.2) is 32.7 Å². The Labute approximate surface area is 214 Å². The molecule has 0 aliphatic rings. The lowest BCUT2D eigenvalue weighted by Crippen LogP contribution is -2.32. The molecule has 0 saturated heterocycles. The first-order valence-corrected chi connectivity index (χ1v) is 12.5. The largest absolute Gasteiger partial charge is 0.342 e. The van der Waals surface area contributed by atoms with Gasteiger partial charge in [0.25, 0.3) is 5.91 Å². The van der Waals surface area contributed by atoms with E-state index in [9.17, 15) is 9.59 Å².